The fourth-order valence-corrected chi connectivity index (χ4v) is 4.47. The van der Waals surface area contributed by atoms with E-state index < -0.39 is 0 Å². The smallest absolute Gasteiger partial charge is 0.267 e. The summed E-state index contributed by atoms with van der Waals surface area (Å²) in [6, 6.07) is 1.78. The molecule has 0 saturated carbocycles. The topological polar surface area (TPSA) is 58.4 Å². The molecule has 0 spiro atoms. The summed E-state index contributed by atoms with van der Waals surface area (Å²) in [5, 5.41) is 4.60. The lowest BCUT2D eigenvalue weighted by atomic mass is 9.92. The average molecular weight is 344 g/mol. The fraction of sp³-hybridized carbons (Fsp3) is 0.737. The zero-order chi connectivity index (χ0) is 17.4. The van der Waals surface area contributed by atoms with Gasteiger partial charge in [-0.1, -0.05) is 0 Å². The van der Waals surface area contributed by atoms with Crippen molar-refractivity contribution in [3.63, 3.8) is 0 Å². The Kier molecular flexibility index (Phi) is 4.63. The minimum atomic E-state index is 0.0133. The van der Waals surface area contributed by atoms with Crippen LogP contribution >= 0.6 is 0 Å². The molecule has 0 bridgehead atoms. The van der Waals surface area contributed by atoms with Gasteiger partial charge >= 0.3 is 0 Å². The van der Waals surface area contributed by atoms with Crippen molar-refractivity contribution in [2.24, 2.45) is 11.8 Å². The van der Waals surface area contributed by atoms with Gasteiger partial charge in [-0.2, -0.15) is 5.10 Å². The number of nitrogens with zero attached hydrogens (tertiary/aromatic N) is 4. The lowest BCUT2D eigenvalue weighted by molar-refractivity contribution is -0.144. The summed E-state index contributed by atoms with van der Waals surface area (Å²) in [5.41, 5.74) is 2.25. The molecule has 1 amide bonds. The Morgan fingerprint density at radius 1 is 1.20 bits per heavy atom. The number of hydrogen-bond donors (Lipinski definition) is 0. The van der Waals surface area contributed by atoms with Crippen molar-refractivity contribution in [3.8, 4) is 0 Å². The lowest BCUT2D eigenvalue weighted by Gasteiger charge is -2.42. The number of hydrogen-bond acceptors (Lipinski definition) is 4. The third-order valence-electron chi connectivity index (χ3n) is 5.95. The van der Waals surface area contributed by atoms with Crippen LogP contribution in [0.4, 0.5) is 0 Å². The zero-order valence-corrected chi connectivity index (χ0v) is 15.1. The highest BCUT2D eigenvalue weighted by molar-refractivity contribution is 5.80. The van der Waals surface area contributed by atoms with E-state index in [-0.39, 0.29) is 11.5 Å². The Labute approximate surface area is 148 Å². The summed E-state index contributed by atoms with van der Waals surface area (Å²) in [7, 11) is 2.09. The highest BCUT2D eigenvalue weighted by atomic mass is 16.2. The third kappa shape index (κ3) is 3.50. The average Bonchev–Trinajstić information content (AvgIpc) is 2.57. The van der Waals surface area contributed by atoms with Crippen LogP contribution in [0, 0.1) is 11.8 Å². The molecular weight excluding hydrogens is 316 g/mol. The van der Waals surface area contributed by atoms with Gasteiger partial charge in [0.15, 0.2) is 0 Å². The van der Waals surface area contributed by atoms with Crippen LogP contribution in [0.5, 0.6) is 0 Å². The molecular formula is C19H28N4O2. The molecule has 136 valence electrons. The van der Waals surface area contributed by atoms with Crippen molar-refractivity contribution in [1.29, 1.82) is 0 Å². The molecule has 6 nitrogen and oxygen atoms in total. The lowest BCUT2D eigenvalue weighted by Crippen LogP contribution is -2.55. The first-order chi connectivity index (χ1) is 12.1. The molecule has 0 N–H and O–H groups in total. The maximum absolute atomic E-state index is 12.6. The van der Waals surface area contributed by atoms with Gasteiger partial charge in [0.25, 0.3) is 5.56 Å². The van der Waals surface area contributed by atoms with Gasteiger partial charge in [-0.3, -0.25) is 9.59 Å². The molecule has 2 fully saturated rings. The minimum Gasteiger partial charge on any atom is -0.342 e. The summed E-state index contributed by atoms with van der Waals surface area (Å²) in [5.74, 6) is 0.815. The minimum absolute atomic E-state index is 0.0133. The number of piperidine rings is 1. The Balaban J connectivity index is 1.34. The number of fused-ring (bicyclic) bond motifs is 1. The van der Waals surface area contributed by atoms with E-state index in [1.807, 2.05) is 4.90 Å². The first-order valence-corrected chi connectivity index (χ1v) is 9.67. The molecule has 6 heteroatoms. The van der Waals surface area contributed by atoms with Crippen molar-refractivity contribution < 1.29 is 4.79 Å². The monoisotopic (exact) mass is 344 g/mol. The maximum atomic E-state index is 12.6. The van der Waals surface area contributed by atoms with Gasteiger partial charge in [0.2, 0.25) is 5.91 Å². The van der Waals surface area contributed by atoms with Crippen LogP contribution in [0.15, 0.2) is 10.9 Å². The van der Waals surface area contributed by atoms with E-state index in [0.29, 0.717) is 18.4 Å². The molecule has 1 atom stereocenters. The van der Waals surface area contributed by atoms with E-state index in [1.54, 1.807) is 10.7 Å². The van der Waals surface area contributed by atoms with Gasteiger partial charge in [0, 0.05) is 31.6 Å². The van der Waals surface area contributed by atoms with Crippen LogP contribution in [0.2, 0.25) is 0 Å². The first-order valence-electron chi connectivity index (χ1n) is 9.67. The molecule has 1 unspecified atom stereocenters. The molecule has 1 aromatic heterocycles. The number of aromatic nitrogens is 2. The largest absolute Gasteiger partial charge is 0.342 e. The Hall–Kier alpha value is -1.69. The van der Waals surface area contributed by atoms with E-state index in [9.17, 15) is 9.59 Å². The van der Waals surface area contributed by atoms with Crippen molar-refractivity contribution >= 4 is 5.91 Å². The molecule has 1 aliphatic carbocycles. The van der Waals surface area contributed by atoms with Crippen LogP contribution in [0.3, 0.4) is 0 Å². The maximum Gasteiger partial charge on any atom is 0.267 e. The zero-order valence-electron chi connectivity index (χ0n) is 15.1. The van der Waals surface area contributed by atoms with Gasteiger partial charge in [-0.05, 0) is 57.7 Å². The van der Waals surface area contributed by atoms with Crippen LogP contribution in [0.25, 0.3) is 0 Å². The van der Waals surface area contributed by atoms with Gasteiger partial charge < -0.3 is 9.80 Å². The highest BCUT2D eigenvalue weighted by Crippen LogP contribution is 2.24. The van der Waals surface area contributed by atoms with Crippen molar-refractivity contribution in [2.45, 2.75) is 45.1 Å². The second-order valence-corrected chi connectivity index (χ2v) is 8.05. The normalized spacial score (nSPS) is 24.7. The summed E-state index contributed by atoms with van der Waals surface area (Å²) in [4.78, 5) is 29.1. The molecule has 3 heterocycles. The predicted octanol–water partition coefficient (Wildman–Crippen LogP) is 0.922. The second kappa shape index (κ2) is 6.90. The Morgan fingerprint density at radius 3 is 2.80 bits per heavy atom. The summed E-state index contributed by atoms with van der Waals surface area (Å²) in [6.45, 7) is 4.15. The molecule has 0 radical (unpaired) electrons. The van der Waals surface area contributed by atoms with E-state index >= 15 is 0 Å². The first kappa shape index (κ1) is 16.8. The van der Waals surface area contributed by atoms with E-state index in [2.05, 4.69) is 17.0 Å². The molecule has 4 rings (SSSR count). The fourth-order valence-electron chi connectivity index (χ4n) is 4.47. The van der Waals surface area contributed by atoms with Crippen LogP contribution in [0.1, 0.15) is 36.9 Å². The van der Waals surface area contributed by atoms with Crippen LogP contribution in [-0.4, -0.2) is 58.7 Å². The van der Waals surface area contributed by atoms with E-state index in [0.717, 1.165) is 69.5 Å². The van der Waals surface area contributed by atoms with E-state index in [1.165, 1.54) is 6.42 Å². The number of carbonyl (C=O) groups is 1. The van der Waals surface area contributed by atoms with E-state index in [4.69, 9.17) is 0 Å². The number of amides is 1. The number of carbonyl (C=O) groups excluding carboxylic acids is 1. The van der Waals surface area contributed by atoms with Gasteiger partial charge in [-0.15, -0.1) is 0 Å². The molecule has 25 heavy (non-hydrogen) atoms. The predicted molar refractivity (Wildman–Crippen MR) is 95.4 cm³/mol. The second-order valence-electron chi connectivity index (χ2n) is 8.05. The van der Waals surface area contributed by atoms with Crippen molar-refractivity contribution in [2.75, 3.05) is 33.2 Å². The highest BCUT2D eigenvalue weighted by Gasteiger charge is 2.36. The summed E-state index contributed by atoms with van der Waals surface area (Å²) >= 11 is 0. The summed E-state index contributed by atoms with van der Waals surface area (Å²) < 4.78 is 1.63. The van der Waals surface area contributed by atoms with Gasteiger partial charge in [0.05, 0.1) is 18.2 Å². The summed E-state index contributed by atoms with van der Waals surface area (Å²) in [6.07, 6.45) is 6.42. The SMILES string of the molecule is CN1CCCC(C(=O)N2CC(Cn3nc4c(cc3=O)CCCC4)C2)C1. The van der Waals surface area contributed by atoms with Crippen molar-refractivity contribution in [1.82, 2.24) is 19.6 Å². The third-order valence-corrected chi connectivity index (χ3v) is 5.95. The molecule has 0 aromatic carbocycles. The standard InChI is InChI=1S/C19H28N4O2/c1-21-8-4-6-16(13-21)19(25)22-10-14(11-22)12-23-18(24)9-15-5-2-3-7-17(15)20-23/h9,14,16H,2-8,10-13H2,1H3. The number of rotatable bonds is 3. The number of aryl methyl sites for hydroxylation is 2. The van der Waals surface area contributed by atoms with Gasteiger partial charge in [0.1, 0.15) is 0 Å². The molecule has 2 aliphatic heterocycles. The Morgan fingerprint density at radius 2 is 2.00 bits per heavy atom. The van der Waals surface area contributed by atoms with Gasteiger partial charge in [-0.25, -0.2) is 4.68 Å². The quantitative estimate of drug-likeness (QED) is 0.818. The molecule has 1 aromatic rings. The number of likely N-dealkylation sites (tertiary alicyclic amines) is 2. The molecule has 3 aliphatic rings. The molecule has 2 saturated heterocycles. The van der Waals surface area contributed by atoms with Crippen LogP contribution < -0.4 is 5.56 Å². The van der Waals surface area contributed by atoms with Crippen molar-refractivity contribution in [3.05, 3.63) is 27.7 Å². The Bertz CT molecular complexity index is 708. The van der Waals surface area contributed by atoms with Crippen LogP contribution in [-0.2, 0) is 24.2 Å².